The number of aliphatic imine (C=N–C) groups is 1. The Morgan fingerprint density at radius 2 is 2.00 bits per heavy atom. The van der Waals surface area contributed by atoms with Gasteiger partial charge in [-0.25, -0.2) is 14.8 Å². The minimum absolute atomic E-state index is 0.0583. The van der Waals surface area contributed by atoms with E-state index < -0.39 is 36.1 Å². The van der Waals surface area contributed by atoms with Crippen LogP contribution in [0.5, 0.6) is 0 Å². The number of nitrogens with zero attached hydrogens (tertiary/aromatic N) is 8. The predicted molar refractivity (Wildman–Crippen MR) is 136 cm³/mol. The number of fused-ring (bicyclic) bond motifs is 1. The molecule has 5 rings (SSSR count). The maximum absolute atomic E-state index is 13.5. The lowest BCUT2D eigenvalue weighted by molar-refractivity contribution is -0.139. The Labute approximate surface area is 222 Å². The minimum Gasteiger partial charge on any atom is -0.361 e. The number of hydrogen-bond acceptors (Lipinski definition) is 10. The molecule has 3 aromatic heterocycles. The molecule has 0 aliphatic carbocycles. The maximum Gasteiger partial charge on any atom is 0.328 e. The number of imide groups is 1. The Kier molecular flexibility index (Phi) is 6.53. The third kappa shape index (κ3) is 4.56. The highest BCUT2D eigenvalue weighted by Crippen LogP contribution is 2.28. The molecule has 14 heteroatoms. The first-order chi connectivity index (χ1) is 18.1. The smallest absolute Gasteiger partial charge is 0.328 e. The third-order valence-electron chi connectivity index (χ3n) is 6.44. The molecule has 3 atom stereocenters. The van der Waals surface area contributed by atoms with E-state index in [2.05, 4.69) is 30.4 Å². The molecular weight excluding hydrogens is 514 g/mol. The molecule has 1 N–H and O–H groups in total. The van der Waals surface area contributed by atoms with Crippen molar-refractivity contribution in [3.05, 3.63) is 52.9 Å². The van der Waals surface area contributed by atoms with Gasteiger partial charge in [-0.1, -0.05) is 16.8 Å². The van der Waals surface area contributed by atoms with Gasteiger partial charge in [0.25, 0.3) is 5.91 Å². The zero-order valence-electron chi connectivity index (χ0n) is 21.0. The SMILES string of the molecule is Cc1cc(CN2C(=O)C3C(N=CN3[C@@H](C)C(=O)Nc3cncc(-c4cnc(C)c(Cl)c4)n3)N(C)C2=O)no1. The van der Waals surface area contributed by atoms with Gasteiger partial charge in [-0.3, -0.25) is 24.5 Å². The summed E-state index contributed by atoms with van der Waals surface area (Å²) in [5.74, 6) is -0.140. The highest BCUT2D eigenvalue weighted by atomic mass is 35.5. The fourth-order valence-electron chi connectivity index (χ4n) is 4.30. The Bertz CT molecular complexity index is 1460. The Morgan fingerprint density at radius 1 is 1.21 bits per heavy atom. The van der Waals surface area contributed by atoms with Gasteiger partial charge in [-0.15, -0.1) is 0 Å². The number of carbonyl (C=O) groups excluding carboxylic acids is 3. The molecule has 0 radical (unpaired) electrons. The molecule has 196 valence electrons. The number of aryl methyl sites for hydroxylation is 2. The number of rotatable bonds is 6. The molecule has 0 bridgehead atoms. The van der Waals surface area contributed by atoms with E-state index in [4.69, 9.17) is 16.1 Å². The van der Waals surface area contributed by atoms with Crippen LogP contribution in [0.3, 0.4) is 0 Å². The van der Waals surface area contributed by atoms with Crippen LogP contribution < -0.4 is 5.32 Å². The number of likely N-dealkylation sites (N-methyl/N-ethyl adjacent to an activating group) is 1. The number of urea groups is 1. The maximum atomic E-state index is 13.5. The second-order valence-corrected chi connectivity index (χ2v) is 9.47. The van der Waals surface area contributed by atoms with Crippen molar-refractivity contribution in [1.29, 1.82) is 0 Å². The van der Waals surface area contributed by atoms with Gasteiger partial charge < -0.3 is 19.6 Å². The average Bonchev–Trinajstić information content (AvgIpc) is 3.53. The molecule has 0 spiro atoms. The van der Waals surface area contributed by atoms with Crippen LogP contribution in [0.4, 0.5) is 10.6 Å². The lowest BCUT2D eigenvalue weighted by Crippen LogP contribution is -2.66. The third-order valence-corrected chi connectivity index (χ3v) is 6.82. The highest BCUT2D eigenvalue weighted by Gasteiger charge is 2.51. The van der Waals surface area contributed by atoms with Crippen LogP contribution in [0.1, 0.15) is 24.1 Å². The Morgan fingerprint density at radius 3 is 2.71 bits per heavy atom. The highest BCUT2D eigenvalue weighted by molar-refractivity contribution is 6.31. The van der Waals surface area contributed by atoms with E-state index in [9.17, 15) is 14.4 Å². The predicted octanol–water partition coefficient (Wildman–Crippen LogP) is 2.26. The van der Waals surface area contributed by atoms with E-state index in [1.807, 2.05) is 0 Å². The number of amides is 4. The Balaban J connectivity index is 1.32. The van der Waals surface area contributed by atoms with Crippen LogP contribution in [0.2, 0.25) is 5.02 Å². The van der Waals surface area contributed by atoms with Gasteiger partial charge in [-0.2, -0.15) is 0 Å². The minimum atomic E-state index is -0.885. The van der Waals surface area contributed by atoms with Gasteiger partial charge in [0.15, 0.2) is 18.0 Å². The molecule has 13 nitrogen and oxygen atoms in total. The fourth-order valence-corrected chi connectivity index (χ4v) is 4.46. The second-order valence-electron chi connectivity index (χ2n) is 9.06. The first-order valence-electron chi connectivity index (χ1n) is 11.7. The number of nitrogens with one attached hydrogen (secondary N) is 1. The Hall–Kier alpha value is -4.39. The lowest BCUT2D eigenvalue weighted by atomic mass is 10.1. The average molecular weight is 538 g/mol. The lowest BCUT2D eigenvalue weighted by Gasteiger charge is -2.42. The largest absolute Gasteiger partial charge is 0.361 e. The van der Waals surface area contributed by atoms with Crippen LogP contribution in [-0.4, -0.2) is 84.3 Å². The van der Waals surface area contributed by atoms with Crippen molar-refractivity contribution in [2.75, 3.05) is 12.4 Å². The molecule has 3 aromatic rings. The van der Waals surface area contributed by atoms with Crippen molar-refractivity contribution in [3.8, 4) is 11.3 Å². The normalized spacial score (nSPS) is 19.7. The van der Waals surface area contributed by atoms with Gasteiger partial charge in [-0.05, 0) is 26.8 Å². The second kappa shape index (κ2) is 9.82. The van der Waals surface area contributed by atoms with E-state index in [1.54, 1.807) is 46.1 Å². The summed E-state index contributed by atoms with van der Waals surface area (Å²) >= 11 is 6.18. The summed E-state index contributed by atoms with van der Waals surface area (Å²) in [6.07, 6.45) is 5.24. The summed E-state index contributed by atoms with van der Waals surface area (Å²) in [6, 6.07) is 1.16. The molecule has 0 aromatic carbocycles. The van der Waals surface area contributed by atoms with Gasteiger partial charge in [0, 0.05) is 24.9 Å². The molecular formula is C24H24ClN9O4. The van der Waals surface area contributed by atoms with Crippen molar-refractivity contribution in [1.82, 2.24) is 34.8 Å². The number of anilines is 1. The molecule has 2 aliphatic heterocycles. The zero-order chi connectivity index (χ0) is 27.1. The zero-order valence-corrected chi connectivity index (χ0v) is 21.7. The van der Waals surface area contributed by atoms with Crippen molar-refractivity contribution in [2.24, 2.45) is 4.99 Å². The molecule has 1 saturated heterocycles. The van der Waals surface area contributed by atoms with Gasteiger partial charge in [0.1, 0.15) is 17.5 Å². The van der Waals surface area contributed by atoms with E-state index >= 15 is 0 Å². The molecule has 4 amide bonds. The number of aromatic nitrogens is 4. The quantitative estimate of drug-likeness (QED) is 0.499. The molecule has 5 heterocycles. The molecule has 2 unspecified atom stereocenters. The van der Waals surface area contributed by atoms with Crippen LogP contribution in [0, 0.1) is 13.8 Å². The molecule has 2 aliphatic rings. The van der Waals surface area contributed by atoms with Crippen molar-refractivity contribution >= 4 is 41.6 Å². The van der Waals surface area contributed by atoms with E-state index in [0.29, 0.717) is 33.4 Å². The number of hydrogen-bond donors (Lipinski definition) is 1. The molecule has 38 heavy (non-hydrogen) atoms. The van der Waals surface area contributed by atoms with Crippen molar-refractivity contribution < 1.29 is 18.9 Å². The molecule has 1 fully saturated rings. The number of pyridine rings is 1. The van der Waals surface area contributed by atoms with Gasteiger partial charge >= 0.3 is 6.03 Å². The van der Waals surface area contributed by atoms with Crippen LogP contribution in [0.15, 0.2) is 40.2 Å². The van der Waals surface area contributed by atoms with Crippen LogP contribution >= 0.6 is 11.6 Å². The van der Waals surface area contributed by atoms with Crippen LogP contribution in [0.25, 0.3) is 11.3 Å². The summed E-state index contributed by atoms with van der Waals surface area (Å²) in [6.45, 7) is 5.09. The standard InChI is InChI=1S/C24H24ClN9O4/c1-12-5-16(31-38-12)10-33-23(36)20-21(32(4)24(33)37)28-11-34(20)14(3)22(35)30-19-9-26-8-18(29-19)15-6-17(25)13(2)27-7-15/h5-9,11,14,20-21H,10H2,1-4H3,(H,29,30,35)/t14-,20?,21?/m0/s1. The van der Waals surface area contributed by atoms with E-state index in [0.717, 1.165) is 4.90 Å². The first kappa shape index (κ1) is 25.3. The summed E-state index contributed by atoms with van der Waals surface area (Å²) in [5, 5.41) is 7.11. The van der Waals surface area contributed by atoms with Gasteiger partial charge in [0.2, 0.25) is 5.91 Å². The summed E-state index contributed by atoms with van der Waals surface area (Å²) < 4.78 is 5.06. The van der Waals surface area contributed by atoms with Crippen molar-refractivity contribution in [2.45, 2.75) is 45.6 Å². The van der Waals surface area contributed by atoms with Crippen molar-refractivity contribution in [3.63, 3.8) is 0 Å². The summed E-state index contributed by atoms with van der Waals surface area (Å²) in [5.41, 5.74) is 2.26. The van der Waals surface area contributed by atoms with E-state index in [1.165, 1.54) is 28.5 Å². The monoisotopic (exact) mass is 537 g/mol. The first-order valence-corrected chi connectivity index (χ1v) is 12.1. The number of halogens is 1. The van der Waals surface area contributed by atoms with E-state index in [-0.39, 0.29) is 12.4 Å². The van der Waals surface area contributed by atoms with Crippen LogP contribution in [-0.2, 0) is 16.1 Å². The summed E-state index contributed by atoms with van der Waals surface area (Å²) in [7, 11) is 1.56. The van der Waals surface area contributed by atoms with Gasteiger partial charge in [0.05, 0.1) is 41.7 Å². The number of carbonyl (C=O) groups is 3. The molecule has 0 saturated carbocycles. The fraction of sp³-hybridized carbons (Fsp3) is 0.333. The summed E-state index contributed by atoms with van der Waals surface area (Å²) in [4.78, 5) is 60.7. The topological polar surface area (TPSA) is 150 Å².